The SMILES string of the molecule is CC(=O)N1C[C@@H](NC(=O)c2cnn(C(C)C)c2)C[C@@H](Nc2cc(C(F)(F)F)nc3ccc(Cl)cc23)C1. The molecule has 1 saturated heterocycles. The van der Waals surface area contributed by atoms with E-state index in [0.717, 1.165) is 6.07 Å². The zero-order valence-electron chi connectivity index (χ0n) is 19.9. The number of carbonyl (C=O) groups is 2. The third-order valence-electron chi connectivity index (χ3n) is 6.04. The van der Waals surface area contributed by atoms with Crippen molar-refractivity contribution in [2.24, 2.45) is 0 Å². The summed E-state index contributed by atoms with van der Waals surface area (Å²) < 4.78 is 42.2. The Hall–Kier alpha value is -3.34. The molecule has 4 rings (SSSR count). The molecule has 0 radical (unpaired) electrons. The predicted molar refractivity (Wildman–Crippen MR) is 130 cm³/mol. The second-order valence-electron chi connectivity index (χ2n) is 9.19. The van der Waals surface area contributed by atoms with Crippen LogP contribution in [0, 0.1) is 0 Å². The Labute approximate surface area is 210 Å². The molecule has 1 aromatic carbocycles. The Morgan fingerprint density at radius 3 is 2.53 bits per heavy atom. The number of nitrogens with zero attached hydrogens (tertiary/aromatic N) is 4. The Morgan fingerprint density at radius 1 is 1.17 bits per heavy atom. The summed E-state index contributed by atoms with van der Waals surface area (Å²) in [5.41, 5.74) is -0.305. The average molecular weight is 523 g/mol. The lowest BCUT2D eigenvalue weighted by Crippen LogP contribution is -2.55. The van der Waals surface area contributed by atoms with E-state index in [1.165, 1.54) is 25.3 Å². The van der Waals surface area contributed by atoms with Gasteiger partial charge in [0.2, 0.25) is 5.91 Å². The summed E-state index contributed by atoms with van der Waals surface area (Å²) in [6.07, 6.45) is -1.13. The van der Waals surface area contributed by atoms with Gasteiger partial charge in [-0.1, -0.05) is 11.6 Å². The van der Waals surface area contributed by atoms with Crippen LogP contribution in [0.15, 0.2) is 36.7 Å². The molecule has 2 aromatic heterocycles. The quantitative estimate of drug-likeness (QED) is 0.514. The van der Waals surface area contributed by atoms with Crippen molar-refractivity contribution in [2.45, 2.75) is 51.5 Å². The van der Waals surface area contributed by atoms with Crippen LogP contribution in [0.1, 0.15) is 49.3 Å². The maximum Gasteiger partial charge on any atom is 0.433 e. The molecule has 2 amide bonds. The molecule has 192 valence electrons. The van der Waals surface area contributed by atoms with Crippen molar-refractivity contribution in [1.29, 1.82) is 0 Å². The molecule has 1 aliphatic heterocycles. The number of halogens is 4. The molecule has 3 heterocycles. The monoisotopic (exact) mass is 522 g/mol. The van der Waals surface area contributed by atoms with Crippen LogP contribution >= 0.6 is 11.6 Å². The van der Waals surface area contributed by atoms with Gasteiger partial charge in [0.05, 0.1) is 17.3 Å². The van der Waals surface area contributed by atoms with Gasteiger partial charge in [-0.25, -0.2) is 4.98 Å². The van der Waals surface area contributed by atoms with E-state index in [1.807, 2.05) is 13.8 Å². The molecule has 0 saturated carbocycles. The Balaban J connectivity index is 1.59. The van der Waals surface area contributed by atoms with Crippen LogP contribution in [-0.4, -0.2) is 56.7 Å². The second kappa shape index (κ2) is 9.96. The molecule has 0 aliphatic carbocycles. The van der Waals surface area contributed by atoms with Crippen LogP contribution < -0.4 is 10.6 Å². The third-order valence-corrected chi connectivity index (χ3v) is 6.28. The number of fused-ring (bicyclic) bond motifs is 1. The van der Waals surface area contributed by atoms with E-state index >= 15 is 0 Å². The molecule has 0 bridgehead atoms. The van der Waals surface area contributed by atoms with Crippen LogP contribution in [0.2, 0.25) is 5.02 Å². The number of benzene rings is 1. The van der Waals surface area contributed by atoms with Gasteiger partial charge in [0.25, 0.3) is 5.91 Å². The number of likely N-dealkylation sites (tertiary alicyclic amines) is 1. The summed E-state index contributed by atoms with van der Waals surface area (Å²) in [4.78, 5) is 30.3. The zero-order chi connectivity index (χ0) is 26.2. The van der Waals surface area contributed by atoms with Gasteiger partial charge in [0.15, 0.2) is 0 Å². The minimum absolute atomic E-state index is 0.0910. The molecule has 8 nitrogen and oxygen atoms in total. The molecule has 2 N–H and O–H groups in total. The molecule has 1 aliphatic rings. The molecule has 3 aromatic rings. The number of nitrogens with one attached hydrogen (secondary N) is 2. The minimum Gasteiger partial charge on any atom is -0.380 e. The Bertz CT molecular complexity index is 1290. The van der Waals surface area contributed by atoms with Gasteiger partial charge in [-0.2, -0.15) is 18.3 Å². The lowest BCUT2D eigenvalue weighted by Gasteiger charge is -2.38. The maximum atomic E-state index is 13.5. The molecular formula is C24H26ClF3N6O2. The van der Waals surface area contributed by atoms with Crippen molar-refractivity contribution < 1.29 is 22.8 Å². The molecule has 0 spiro atoms. The number of hydrogen-bond acceptors (Lipinski definition) is 5. The molecular weight excluding hydrogens is 497 g/mol. The van der Waals surface area contributed by atoms with Crippen molar-refractivity contribution in [3.63, 3.8) is 0 Å². The van der Waals surface area contributed by atoms with Gasteiger partial charge in [0.1, 0.15) is 5.69 Å². The average Bonchev–Trinajstić information content (AvgIpc) is 3.29. The van der Waals surface area contributed by atoms with Gasteiger partial charge >= 0.3 is 6.18 Å². The first-order valence-corrected chi connectivity index (χ1v) is 11.8. The number of alkyl halides is 3. The number of aromatic nitrogens is 3. The van der Waals surface area contributed by atoms with E-state index in [4.69, 9.17) is 11.6 Å². The lowest BCUT2D eigenvalue weighted by molar-refractivity contribution is -0.140. The molecule has 1 fully saturated rings. The summed E-state index contributed by atoms with van der Waals surface area (Å²) in [5.74, 6) is -0.538. The van der Waals surface area contributed by atoms with E-state index in [-0.39, 0.29) is 42.1 Å². The molecule has 36 heavy (non-hydrogen) atoms. The first kappa shape index (κ1) is 25.7. The zero-order valence-corrected chi connectivity index (χ0v) is 20.7. The fourth-order valence-electron chi connectivity index (χ4n) is 4.25. The molecule has 0 unspecified atom stereocenters. The summed E-state index contributed by atoms with van der Waals surface area (Å²) in [6, 6.07) is 4.63. The summed E-state index contributed by atoms with van der Waals surface area (Å²) in [7, 11) is 0. The highest BCUT2D eigenvalue weighted by atomic mass is 35.5. The number of piperidine rings is 1. The summed E-state index contributed by atoms with van der Waals surface area (Å²) in [5, 5.41) is 11.0. The second-order valence-corrected chi connectivity index (χ2v) is 9.62. The van der Waals surface area contributed by atoms with Crippen LogP contribution in [0.3, 0.4) is 0 Å². The smallest absolute Gasteiger partial charge is 0.380 e. The standard InChI is InChI=1S/C24H26ClF3N6O2/c1-13(2)34-10-15(9-29-34)23(36)31-18-7-17(11-33(12-18)14(3)35)30-21-8-22(24(26,27)28)32-20-5-4-16(25)6-19(20)21/h4-6,8-10,13,17-18H,7,11-12H2,1-3H3,(H,30,32)(H,31,36)/t17-,18+/m1/s1. The minimum atomic E-state index is -4.64. The van der Waals surface area contributed by atoms with Gasteiger partial charge < -0.3 is 15.5 Å². The van der Waals surface area contributed by atoms with E-state index in [9.17, 15) is 22.8 Å². The topological polar surface area (TPSA) is 92.2 Å². The number of carbonyl (C=O) groups excluding carboxylic acids is 2. The fourth-order valence-corrected chi connectivity index (χ4v) is 4.43. The lowest BCUT2D eigenvalue weighted by atomic mass is 9.99. The Kier molecular flexibility index (Phi) is 7.12. The van der Waals surface area contributed by atoms with Crippen LogP contribution in [0.5, 0.6) is 0 Å². The first-order chi connectivity index (χ1) is 16.9. The maximum absolute atomic E-state index is 13.5. The van der Waals surface area contributed by atoms with E-state index in [2.05, 4.69) is 20.7 Å². The number of anilines is 1. The number of pyridine rings is 1. The van der Waals surface area contributed by atoms with E-state index in [1.54, 1.807) is 21.8 Å². The first-order valence-electron chi connectivity index (χ1n) is 11.4. The van der Waals surface area contributed by atoms with Gasteiger partial charge in [0, 0.05) is 60.4 Å². The highest BCUT2D eigenvalue weighted by Gasteiger charge is 2.35. The van der Waals surface area contributed by atoms with Crippen molar-refractivity contribution in [1.82, 2.24) is 25.0 Å². The molecule has 2 atom stereocenters. The van der Waals surface area contributed by atoms with Crippen molar-refractivity contribution in [2.75, 3.05) is 18.4 Å². The number of amides is 2. The predicted octanol–water partition coefficient (Wildman–Crippen LogP) is 4.52. The fraction of sp³-hybridized carbons (Fsp3) is 0.417. The van der Waals surface area contributed by atoms with E-state index in [0.29, 0.717) is 22.4 Å². The van der Waals surface area contributed by atoms with Crippen molar-refractivity contribution >= 4 is 40.0 Å². The summed E-state index contributed by atoms with van der Waals surface area (Å²) in [6.45, 7) is 5.85. The van der Waals surface area contributed by atoms with Gasteiger partial charge in [-0.05, 0) is 44.5 Å². The van der Waals surface area contributed by atoms with E-state index < -0.39 is 24.0 Å². The van der Waals surface area contributed by atoms with Crippen LogP contribution in [-0.2, 0) is 11.0 Å². The highest BCUT2D eigenvalue weighted by molar-refractivity contribution is 6.31. The highest BCUT2D eigenvalue weighted by Crippen LogP contribution is 2.34. The number of hydrogen-bond donors (Lipinski definition) is 2. The van der Waals surface area contributed by atoms with Gasteiger partial charge in [-0.3, -0.25) is 14.3 Å². The largest absolute Gasteiger partial charge is 0.433 e. The normalized spacial score (nSPS) is 18.5. The van der Waals surface area contributed by atoms with Crippen molar-refractivity contribution in [3.05, 3.63) is 52.9 Å². The third kappa shape index (κ3) is 5.72. The summed E-state index contributed by atoms with van der Waals surface area (Å²) >= 11 is 6.10. The number of rotatable bonds is 5. The van der Waals surface area contributed by atoms with Crippen molar-refractivity contribution in [3.8, 4) is 0 Å². The van der Waals surface area contributed by atoms with Gasteiger partial charge in [-0.15, -0.1) is 0 Å². The Morgan fingerprint density at radius 2 is 1.89 bits per heavy atom. The molecule has 12 heteroatoms. The van der Waals surface area contributed by atoms with Crippen LogP contribution in [0.25, 0.3) is 10.9 Å². The van der Waals surface area contributed by atoms with Crippen LogP contribution in [0.4, 0.5) is 18.9 Å².